The van der Waals surface area contributed by atoms with Gasteiger partial charge in [-0.1, -0.05) is 23.7 Å². The average Bonchev–Trinajstić information content (AvgIpc) is 2.79. The first kappa shape index (κ1) is 22.4. The number of hydrogen-bond acceptors (Lipinski definition) is 4. The summed E-state index contributed by atoms with van der Waals surface area (Å²) in [5.74, 6) is 1.97. The van der Waals surface area contributed by atoms with Crippen LogP contribution in [0.15, 0.2) is 69.9 Å². The molecule has 0 aliphatic heterocycles. The summed E-state index contributed by atoms with van der Waals surface area (Å²) in [4.78, 5) is 18.1. The van der Waals surface area contributed by atoms with Crippen molar-refractivity contribution in [1.82, 2.24) is 9.55 Å². The zero-order valence-corrected chi connectivity index (χ0v) is 20.1. The Morgan fingerprint density at radius 2 is 1.84 bits per heavy atom. The second kappa shape index (κ2) is 9.76. The second-order valence-electron chi connectivity index (χ2n) is 7.40. The van der Waals surface area contributed by atoms with Gasteiger partial charge in [-0.15, -0.1) is 0 Å². The molecule has 1 heterocycles. The fourth-order valence-corrected chi connectivity index (χ4v) is 4.69. The zero-order valence-electron chi connectivity index (χ0n) is 17.8. The highest BCUT2D eigenvalue weighted by molar-refractivity contribution is 9.10. The Bertz CT molecular complexity index is 1300. The number of rotatable bonds is 7. The number of ether oxygens (including phenoxy) is 2. The molecule has 3 aromatic carbocycles. The van der Waals surface area contributed by atoms with E-state index in [2.05, 4.69) is 15.9 Å². The molecule has 4 rings (SSSR count). The molecule has 0 radical (unpaired) electrons. The van der Waals surface area contributed by atoms with Gasteiger partial charge in [-0.25, -0.2) is 4.98 Å². The van der Waals surface area contributed by atoms with Crippen molar-refractivity contribution in [3.8, 4) is 22.9 Å². The number of halogens is 2. The average molecular weight is 514 g/mol. The molecule has 0 unspecified atom stereocenters. The molecule has 0 amide bonds. The van der Waals surface area contributed by atoms with Crippen molar-refractivity contribution in [3.63, 3.8) is 0 Å². The van der Waals surface area contributed by atoms with Crippen LogP contribution in [0.4, 0.5) is 0 Å². The minimum absolute atomic E-state index is 0.0732. The van der Waals surface area contributed by atoms with E-state index in [1.54, 1.807) is 17.7 Å². The van der Waals surface area contributed by atoms with E-state index in [4.69, 9.17) is 26.1 Å². The van der Waals surface area contributed by atoms with Crippen molar-refractivity contribution in [3.05, 3.63) is 86.1 Å². The standard InChI is InChI=1S/C25H22BrClN2O3/c1-16-14-20(26)23(21(27)15-16)32-13-5-12-29-24(17-8-10-18(31-2)11-9-17)28-22-7-4-3-6-19(22)25(29)30/h3-4,6-11,14-15H,5,12-13H2,1-2H3. The number of aromatic nitrogens is 2. The van der Waals surface area contributed by atoms with E-state index in [1.165, 1.54) is 0 Å². The maximum Gasteiger partial charge on any atom is 0.261 e. The molecule has 0 saturated carbocycles. The molecule has 0 aliphatic rings. The summed E-state index contributed by atoms with van der Waals surface area (Å²) in [5.41, 5.74) is 2.49. The molecule has 5 nitrogen and oxygen atoms in total. The predicted molar refractivity (Wildman–Crippen MR) is 132 cm³/mol. The molecular formula is C25H22BrClN2O3. The largest absolute Gasteiger partial charge is 0.497 e. The van der Waals surface area contributed by atoms with Gasteiger partial charge in [0.05, 0.1) is 34.1 Å². The van der Waals surface area contributed by atoms with Crippen molar-refractivity contribution in [2.45, 2.75) is 19.9 Å². The normalized spacial score (nSPS) is 11.0. The summed E-state index contributed by atoms with van der Waals surface area (Å²) >= 11 is 9.82. The third kappa shape index (κ3) is 4.66. The first-order chi connectivity index (χ1) is 15.5. The van der Waals surface area contributed by atoms with Crippen LogP contribution in [0.5, 0.6) is 11.5 Å². The van der Waals surface area contributed by atoms with Crippen LogP contribution in [0.3, 0.4) is 0 Å². The van der Waals surface area contributed by atoms with E-state index < -0.39 is 0 Å². The molecule has 1 aromatic heterocycles. The molecule has 0 N–H and O–H groups in total. The molecule has 0 spiro atoms. The van der Waals surface area contributed by atoms with Gasteiger partial charge in [0.15, 0.2) is 5.75 Å². The minimum Gasteiger partial charge on any atom is -0.497 e. The first-order valence-electron chi connectivity index (χ1n) is 10.2. The van der Waals surface area contributed by atoms with E-state index in [9.17, 15) is 4.79 Å². The van der Waals surface area contributed by atoms with Crippen molar-refractivity contribution in [2.75, 3.05) is 13.7 Å². The smallest absolute Gasteiger partial charge is 0.261 e. The number of para-hydroxylation sites is 1. The van der Waals surface area contributed by atoms with Crippen molar-refractivity contribution < 1.29 is 9.47 Å². The molecule has 0 saturated heterocycles. The van der Waals surface area contributed by atoms with Gasteiger partial charge in [-0.05, 0) is 83.4 Å². The molecule has 7 heteroatoms. The van der Waals surface area contributed by atoms with Crippen LogP contribution < -0.4 is 15.0 Å². The van der Waals surface area contributed by atoms with Gasteiger partial charge >= 0.3 is 0 Å². The summed E-state index contributed by atoms with van der Waals surface area (Å²) in [6, 6.07) is 18.8. The van der Waals surface area contributed by atoms with E-state index >= 15 is 0 Å². The fraction of sp³-hybridized carbons (Fsp3) is 0.200. The number of aryl methyl sites for hydroxylation is 1. The Labute approximate surface area is 199 Å². The van der Waals surface area contributed by atoms with Crippen LogP contribution in [-0.2, 0) is 6.54 Å². The topological polar surface area (TPSA) is 53.3 Å². The Hall–Kier alpha value is -2.83. The second-order valence-corrected chi connectivity index (χ2v) is 8.66. The fourth-order valence-electron chi connectivity index (χ4n) is 3.56. The summed E-state index contributed by atoms with van der Waals surface area (Å²) < 4.78 is 13.7. The SMILES string of the molecule is COc1ccc(-c2nc3ccccc3c(=O)n2CCCOc2c(Cl)cc(C)cc2Br)cc1. The van der Waals surface area contributed by atoms with Crippen LogP contribution in [0.2, 0.25) is 5.02 Å². The number of nitrogens with zero attached hydrogens (tertiary/aromatic N) is 2. The van der Waals surface area contributed by atoms with E-state index in [1.807, 2.05) is 61.5 Å². The van der Waals surface area contributed by atoms with Gasteiger partial charge in [-0.3, -0.25) is 9.36 Å². The summed E-state index contributed by atoms with van der Waals surface area (Å²) in [7, 11) is 1.62. The molecule has 0 atom stereocenters. The lowest BCUT2D eigenvalue weighted by Crippen LogP contribution is -2.24. The van der Waals surface area contributed by atoms with Crippen molar-refractivity contribution in [2.24, 2.45) is 0 Å². The molecule has 4 aromatic rings. The number of fused-ring (bicyclic) bond motifs is 1. The van der Waals surface area contributed by atoms with Gasteiger partial charge in [-0.2, -0.15) is 0 Å². The Balaban J connectivity index is 1.62. The summed E-state index contributed by atoms with van der Waals surface area (Å²) in [5, 5.41) is 1.15. The number of hydrogen-bond donors (Lipinski definition) is 0. The zero-order chi connectivity index (χ0) is 22.7. The van der Waals surface area contributed by atoms with Crippen LogP contribution in [0, 0.1) is 6.92 Å². The quantitative estimate of drug-likeness (QED) is 0.274. The lowest BCUT2D eigenvalue weighted by molar-refractivity contribution is 0.299. The van der Waals surface area contributed by atoms with Crippen molar-refractivity contribution >= 4 is 38.4 Å². The number of benzene rings is 3. The van der Waals surface area contributed by atoms with Gasteiger partial charge in [0.25, 0.3) is 5.56 Å². The Kier molecular flexibility index (Phi) is 6.82. The van der Waals surface area contributed by atoms with Crippen LogP contribution in [0.1, 0.15) is 12.0 Å². The molecule has 0 aliphatic carbocycles. The maximum absolute atomic E-state index is 13.3. The Morgan fingerprint density at radius 1 is 1.09 bits per heavy atom. The highest BCUT2D eigenvalue weighted by atomic mass is 79.9. The van der Waals surface area contributed by atoms with Gasteiger partial charge in [0.2, 0.25) is 0 Å². The van der Waals surface area contributed by atoms with Gasteiger partial charge in [0, 0.05) is 12.1 Å². The van der Waals surface area contributed by atoms with E-state index in [0.717, 1.165) is 21.3 Å². The van der Waals surface area contributed by atoms with Crippen molar-refractivity contribution in [1.29, 1.82) is 0 Å². The third-order valence-electron chi connectivity index (χ3n) is 5.12. The van der Waals surface area contributed by atoms with Crippen LogP contribution in [0.25, 0.3) is 22.3 Å². The molecular weight excluding hydrogens is 492 g/mol. The molecule has 32 heavy (non-hydrogen) atoms. The molecule has 0 bridgehead atoms. The highest BCUT2D eigenvalue weighted by Crippen LogP contribution is 2.34. The number of methoxy groups -OCH3 is 1. The lowest BCUT2D eigenvalue weighted by Gasteiger charge is -2.15. The highest BCUT2D eigenvalue weighted by Gasteiger charge is 2.14. The van der Waals surface area contributed by atoms with Crippen LogP contribution >= 0.6 is 27.5 Å². The molecule has 0 fully saturated rings. The van der Waals surface area contributed by atoms with Crippen LogP contribution in [-0.4, -0.2) is 23.3 Å². The summed E-state index contributed by atoms with van der Waals surface area (Å²) in [6.45, 7) is 2.84. The Morgan fingerprint density at radius 3 is 2.56 bits per heavy atom. The minimum atomic E-state index is -0.0732. The van der Waals surface area contributed by atoms with Gasteiger partial charge < -0.3 is 9.47 Å². The summed E-state index contributed by atoms with van der Waals surface area (Å²) in [6.07, 6.45) is 0.611. The van der Waals surface area contributed by atoms with Gasteiger partial charge in [0.1, 0.15) is 11.6 Å². The third-order valence-corrected chi connectivity index (χ3v) is 5.99. The van der Waals surface area contributed by atoms with E-state index in [-0.39, 0.29) is 5.56 Å². The lowest BCUT2D eigenvalue weighted by atomic mass is 10.1. The van der Waals surface area contributed by atoms with E-state index in [0.29, 0.717) is 47.1 Å². The maximum atomic E-state index is 13.3. The monoisotopic (exact) mass is 512 g/mol. The molecule has 164 valence electrons. The first-order valence-corrected chi connectivity index (χ1v) is 11.4. The predicted octanol–water partition coefficient (Wildman–Crippen LogP) is 6.27.